The first-order chi connectivity index (χ1) is 11.5. The lowest BCUT2D eigenvalue weighted by Gasteiger charge is -2.13. The number of rotatable bonds is 7. The van der Waals surface area contributed by atoms with Crippen LogP contribution >= 0.6 is 11.8 Å². The molecule has 0 unspecified atom stereocenters. The molecule has 24 heavy (non-hydrogen) atoms. The highest BCUT2D eigenvalue weighted by molar-refractivity contribution is 8.00. The molecule has 0 aliphatic rings. The quantitative estimate of drug-likeness (QED) is 0.753. The van der Waals surface area contributed by atoms with Gasteiger partial charge in [0.2, 0.25) is 5.91 Å². The number of hydrogen-bond acceptors (Lipinski definition) is 5. The maximum Gasteiger partial charge on any atom is 0.233 e. The predicted molar refractivity (Wildman–Crippen MR) is 94.8 cm³/mol. The van der Waals surface area contributed by atoms with Crippen LogP contribution in [-0.4, -0.2) is 30.5 Å². The standard InChI is InChI=1S/C18H21NO4S/c1-12(24-15-7-5-14(22-2)6-8-15)18(21)19-11-13-4-9-16(20)17(10-13)23-3/h4-10,12,20H,11H2,1-3H3,(H,19,21)/t12-/m1/s1. The number of carbonyl (C=O) groups is 1. The van der Waals surface area contributed by atoms with Crippen LogP contribution in [-0.2, 0) is 11.3 Å². The average molecular weight is 347 g/mol. The second-order valence-corrected chi connectivity index (χ2v) is 6.57. The minimum absolute atomic E-state index is 0.0529. The molecule has 128 valence electrons. The van der Waals surface area contributed by atoms with E-state index in [4.69, 9.17) is 9.47 Å². The van der Waals surface area contributed by atoms with Crippen molar-refractivity contribution >= 4 is 17.7 Å². The Balaban J connectivity index is 1.89. The Morgan fingerprint density at radius 1 is 1.17 bits per heavy atom. The van der Waals surface area contributed by atoms with Gasteiger partial charge in [-0.15, -0.1) is 11.8 Å². The monoisotopic (exact) mass is 347 g/mol. The molecular weight excluding hydrogens is 326 g/mol. The van der Waals surface area contributed by atoms with Crippen molar-refractivity contribution < 1.29 is 19.4 Å². The third kappa shape index (κ3) is 4.83. The van der Waals surface area contributed by atoms with E-state index in [1.54, 1.807) is 25.3 Å². The zero-order valence-electron chi connectivity index (χ0n) is 13.9. The van der Waals surface area contributed by atoms with Crippen molar-refractivity contribution in [3.63, 3.8) is 0 Å². The molecule has 0 fully saturated rings. The number of amides is 1. The molecule has 0 aliphatic carbocycles. The molecule has 2 aromatic rings. The van der Waals surface area contributed by atoms with Crippen molar-refractivity contribution in [2.45, 2.75) is 23.6 Å². The van der Waals surface area contributed by atoms with Gasteiger partial charge in [0.1, 0.15) is 5.75 Å². The van der Waals surface area contributed by atoms with Crippen molar-refractivity contribution in [1.29, 1.82) is 0 Å². The first-order valence-electron chi connectivity index (χ1n) is 7.47. The topological polar surface area (TPSA) is 67.8 Å². The molecule has 2 aromatic carbocycles. The van der Waals surface area contributed by atoms with E-state index in [9.17, 15) is 9.90 Å². The number of phenols is 1. The van der Waals surface area contributed by atoms with E-state index < -0.39 is 0 Å². The number of hydrogen-bond donors (Lipinski definition) is 2. The number of phenolic OH excluding ortho intramolecular Hbond substituents is 1. The van der Waals surface area contributed by atoms with Crippen LogP contribution in [0.5, 0.6) is 17.2 Å². The second kappa shape index (κ2) is 8.49. The summed E-state index contributed by atoms with van der Waals surface area (Å²) in [5.74, 6) is 1.21. The van der Waals surface area contributed by atoms with Crippen molar-refractivity contribution in [2.24, 2.45) is 0 Å². The highest BCUT2D eigenvalue weighted by atomic mass is 32.2. The van der Waals surface area contributed by atoms with E-state index in [0.29, 0.717) is 12.3 Å². The van der Waals surface area contributed by atoms with E-state index in [2.05, 4.69) is 5.32 Å². The zero-order chi connectivity index (χ0) is 17.5. The maximum absolute atomic E-state index is 12.2. The van der Waals surface area contributed by atoms with Gasteiger partial charge in [-0.3, -0.25) is 4.79 Å². The first-order valence-corrected chi connectivity index (χ1v) is 8.35. The Hall–Kier alpha value is -2.34. The summed E-state index contributed by atoms with van der Waals surface area (Å²) in [6.07, 6.45) is 0. The van der Waals surface area contributed by atoms with E-state index in [1.165, 1.54) is 18.9 Å². The summed E-state index contributed by atoms with van der Waals surface area (Å²) < 4.78 is 10.2. The summed E-state index contributed by atoms with van der Waals surface area (Å²) in [5, 5.41) is 12.2. The number of benzene rings is 2. The fraction of sp³-hybridized carbons (Fsp3) is 0.278. The molecule has 2 rings (SSSR count). The van der Waals surface area contributed by atoms with Crippen LogP contribution in [0.4, 0.5) is 0 Å². The van der Waals surface area contributed by atoms with Crippen molar-refractivity contribution in [2.75, 3.05) is 14.2 Å². The van der Waals surface area contributed by atoms with E-state index in [-0.39, 0.29) is 16.9 Å². The van der Waals surface area contributed by atoms with Gasteiger partial charge in [-0.25, -0.2) is 0 Å². The smallest absolute Gasteiger partial charge is 0.233 e. The Labute approximate surface area is 146 Å². The molecule has 2 N–H and O–H groups in total. The van der Waals surface area contributed by atoms with Gasteiger partial charge < -0.3 is 19.9 Å². The minimum atomic E-state index is -0.225. The summed E-state index contributed by atoms with van der Waals surface area (Å²) in [6.45, 7) is 2.24. The van der Waals surface area contributed by atoms with Crippen LogP contribution in [0.15, 0.2) is 47.4 Å². The SMILES string of the molecule is COc1ccc(S[C@H](C)C(=O)NCc2ccc(O)c(OC)c2)cc1. The lowest BCUT2D eigenvalue weighted by atomic mass is 10.2. The predicted octanol–water partition coefficient (Wildman–Crippen LogP) is 3.21. The van der Waals surface area contributed by atoms with E-state index >= 15 is 0 Å². The molecule has 6 heteroatoms. The summed E-state index contributed by atoms with van der Waals surface area (Å²) in [5.41, 5.74) is 0.861. The van der Waals surface area contributed by atoms with Gasteiger partial charge in [0, 0.05) is 11.4 Å². The first kappa shape index (κ1) is 18.0. The fourth-order valence-electron chi connectivity index (χ4n) is 2.08. The Morgan fingerprint density at radius 3 is 2.50 bits per heavy atom. The van der Waals surface area contributed by atoms with Crippen LogP contribution < -0.4 is 14.8 Å². The molecule has 0 saturated carbocycles. The Morgan fingerprint density at radius 2 is 1.88 bits per heavy atom. The lowest BCUT2D eigenvalue weighted by molar-refractivity contribution is -0.120. The van der Waals surface area contributed by atoms with Gasteiger partial charge in [0.15, 0.2) is 11.5 Å². The Bertz CT molecular complexity index is 688. The minimum Gasteiger partial charge on any atom is -0.504 e. The highest BCUT2D eigenvalue weighted by Crippen LogP contribution is 2.27. The molecule has 0 saturated heterocycles. The van der Waals surface area contributed by atoms with Gasteiger partial charge in [0.05, 0.1) is 19.5 Å². The fourth-order valence-corrected chi connectivity index (χ4v) is 2.97. The second-order valence-electron chi connectivity index (χ2n) is 5.16. The third-order valence-electron chi connectivity index (χ3n) is 3.45. The molecule has 5 nitrogen and oxygen atoms in total. The lowest BCUT2D eigenvalue weighted by Crippen LogP contribution is -2.30. The molecule has 0 bridgehead atoms. The number of thioether (sulfide) groups is 1. The van der Waals surface area contributed by atoms with Crippen LogP contribution in [0.3, 0.4) is 0 Å². The summed E-state index contributed by atoms with van der Waals surface area (Å²) in [6, 6.07) is 12.6. The van der Waals surface area contributed by atoms with Crippen LogP contribution in [0.2, 0.25) is 0 Å². The summed E-state index contributed by atoms with van der Waals surface area (Å²) in [7, 11) is 3.11. The van der Waals surface area contributed by atoms with Gasteiger partial charge in [-0.1, -0.05) is 6.07 Å². The van der Waals surface area contributed by atoms with E-state index in [0.717, 1.165) is 16.2 Å². The number of ether oxygens (including phenoxy) is 2. The molecule has 0 heterocycles. The van der Waals surface area contributed by atoms with Crippen LogP contribution in [0.1, 0.15) is 12.5 Å². The van der Waals surface area contributed by atoms with Gasteiger partial charge in [-0.2, -0.15) is 0 Å². The molecule has 1 amide bonds. The third-order valence-corrected chi connectivity index (χ3v) is 4.56. The highest BCUT2D eigenvalue weighted by Gasteiger charge is 2.14. The summed E-state index contributed by atoms with van der Waals surface area (Å²) >= 11 is 1.48. The average Bonchev–Trinajstić information content (AvgIpc) is 2.61. The number of aromatic hydroxyl groups is 1. The maximum atomic E-state index is 12.2. The number of methoxy groups -OCH3 is 2. The molecule has 0 spiro atoms. The normalized spacial score (nSPS) is 11.6. The van der Waals surface area contributed by atoms with Crippen LogP contribution in [0.25, 0.3) is 0 Å². The molecule has 0 aliphatic heterocycles. The number of carbonyl (C=O) groups excluding carboxylic acids is 1. The van der Waals surface area contributed by atoms with Crippen molar-refractivity contribution in [3.8, 4) is 17.2 Å². The van der Waals surface area contributed by atoms with Crippen molar-refractivity contribution in [3.05, 3.63) is 48.0 Å². The molecule has 0 aromatic heterocycles. The van der Waals surface area contributed by atoms with Crippen molar-refractivity contribution in [1.82, 2.24) is 5.32 Å². The molecule has 0 radical (unpaired) electrons. The van der Waals surface area contributed by atoms with Gasteiger partial charge >= 0.3 is 0 Å². The van der Waals surface area contributed by atoms with Crippen LogP contribution in [0, 0.1) is 0 Å². The van der Waals surface area contributed by atoms with E-state index in [1.807, 2.05) is 31.2 Å². The molecular formula is C18H21NO4S. The Kier molecular flexibility index (Phi) is 6.37. The van der Waals surface area contributed by atoms with Gasteiger partial charge in [0.25, 0.3) is 0 Å². The van der Waals surface area contributed by atoms with Gasteiger partial charge in [-0.05, 0) is 48.9 Å². The summed E-state index contributed by atoms with van der Waals surface area (Å²) in [4.78, 5) is 13.2. The number of nitrogens with one attached hydrogen (secondary N) is 1. The zero-order valence-corrected chi connectivity index (χ0v) is 14.7. The largest absolute Gasteiger partial charge is 0.504 e. The molecule has 1 atom stereocenters.